The summed E-state index contributed by atoms with van der Waals surface area (Å²) < 4.78 is 25.8. The van der Waals surface area contributed by atoms with E-state index in [9.17, 15) is 18.0 Å². The molecule has 0 aromatic heterocycles. The Balaban J connectivity index is 4.26. The van der Waals surface area contributed by atoms with Crippen LogP contribution in [0.25, 0.3) is 0 Å². The van der Waals surface area contributed by atoms with Crippen molar-refractivity contribution in [2.75, 3.05) is 5.75 Å². The van der Waals surface area contributed by atoms with Crippen molar-refractivity contribution >= 4 is 22.4 Å². The summed E-state index contributed by atoms with van der Waals surface area (Å²) in [5.74, 6) is -1.49. The molecule has 0 bridgehead atoms. The van der Waals surface area contributed by atoms with Crippen LogP contribution < -0.4 is 0 Å². The first-order valence-corrected chi connectivity index (χ1v) is 5.02. The molecule has 0 rings (SSSR count). The number of carbonyl (C=O) groups excluding carboxylic acids is 2. The van der Waals surface area contributed by atoms with Gasteiger partial charge in [-0.2, -0.15) is 8.42 Å². The van der Waals surface area contributed by atoms with E-state index in [4.69, 9.17) is 0 Å². The van der Waals surface area contributed by atoms with Crippen molar-refractivity contribution in [3.8, 4) is 0 Å². The summed E-state index contributed by atoms with van der Waals surface area (Å²) in [5.41, 5.74) is -0.00493. The van der Waals surface area contributed by atoms with E-state index in [0.717, 1.165) is 0 Å². The van der Waals surface area contributed by atoms with Crippen LogP contribution in [0.4, 0.5) is 0 Å². The Morgan fingerprint density at radius 3 is 2.46 bits per heavy atom. The first-order chi connectivity index (χ1) is 5.89. The van der Waals surface area contributed by atoms with E-state index in [0.29, 0.717) is 6.29 Å². The van der Waals surface area contributed by atoms with E-state index >= 15 is 0 Å². The lowest BCUT2D eigenvalue weighted by Gasteiger charge is -2.02. The fraction of sp³-hybridized carbons (Fsp3) is 0.429. The topological polar surface area (TPSA) is 77.5 Å². The van der Waals surface area contributed by atoms with Crippen LogP contribution in [0.3, 0.4) is 0 Å². The zero-order valence-electron chi connectivity index (χ0n) is 7.15. The van der Waals surface area contributed by atoms with E-state index in [1.165, 1.54) is 6.92 Å². The quantitative estimate of drug-likeness (QED) is 0.360. The number of hydrogen-bond acceptors (Lipinski definition) is 5. The van der Waals surface area contributed by atoms with Gasteiger partial charge in [0.25, 0.3) is 0 Å². The summed E-state index contributed by atoms with van der Waals surface area (Å²) in [7, 11) is -3.93. The predicted molar refractivity (Wildman–Crippen MR) is 45.4 cm³/mol. The summed E-state index contributed by atoms with van der Waals surface area (Å²) in [6.45, 7) is 4.54. The average molecular weight is 206 g/mol. The standard InChI is InChI=1S/C7H10O5S/c1-6(2)7(9)12-13(10,11)5-3-4-8/h4H,1,3,5H2,2H3. The SMILES string of the molecule is C=C(C)C(=O)OS(=O)(=O)CCC=O. The normalized spacial score (nSPS) is 10.5. The van der Waals surface area contributed by atoms with E-state index in [2.05, 4.69) is 10.8 Å². The summed E-state index contributed by atoms with van der Waals surface area (Å²) in [5, 5.41) is 0. The van der Waals surface area contributed by atoms with Crippen LogP contribution in [0.5, 0.6) is 0 Å². The highest BCUT2D eigenvalue weighted by Gasteiger charge is 2.16. The maximum Gasteiger partial charge on any atom is 0.348 e. The molecule has 0 N–H and O–H groups in total. The Kier molecular flexibility index (Phi) is 4.33. The van der Waals surface area contributed by atoms with Crippen LogP contribution in [0.15, 0.2) is 12.2 Å². The molecule has 6 heteroatoms. The molecule has 0 heterocycles. The van der Waals surface area contributed by atoms with Gasteiger partial charge in [0.1, 0.15) is 6.29 Å². The van der Waals surface area contributed by atoms with Crippen LogP contribution in [0.1, 0.15) is 13.3 Å². The minimum absolute atomic E-state index is 0.00493. The number of carbonyl (C=O) groups is 2. The van der Waals surface area contributed by atoms with Gasteiger partial charge in [0.2, 0.25) is 0 Å². The Hall–Kier alpha value is -1.17. The molecule has 13 heavy (non-hydrogen) atoms. The minimum atomic E-state index is -3.93. The lowest BCUT2D eigenvalue weighted by molar-refractivity contribution is -0.129. The zero-order chi connectivity index (χ0) is 10.5. The highest BCUT2D eigenvalue weighted by Crippen LogP contribution is 2.00. The molecule has 0 unspecified atom stereocenters. The summed E-state index contributed by atoms with van der Waals surface area (Å²) in [6, 6.07) is 0. The third-order valence-electron chi connectivity index (χ3n) is 1.04. The monoisotopic (exact) mass is 206 g/mol. The van der Waals surface area contributed by atoms with Gasteiger partial charge >= 0.3 is 16.1 Å². The van der Waals surface area contributed by atoms with E-state index in [1.807, 2.05) is 0 Å². The Morgan fingerprint density at radius 1 is 1.54 bits per heavy atom. The third kappa shape index (κ3) is 5.13. The highest BCUT2D eigenvalue weighted by atomic mass is 32.2. The van der Waals surface area contributed by atoms with E-state index in [-0.39, 0.29) is 12.0 Å². The first kappa shape index (κ1) is 11.8. The van der Waals surface area contributed by atoms with Crippen molar-refractivity contribution in [3.05, 3.63) is 12.2 Å². The highest BCUT2D eigenvalue weighted by molar-refractivity contribution is 7.87. The molecule has 0 aliphatic carbocycles. The van der Waals surface area contributed by atoms with Gasteiger partial charge < -0.3 is 8.98 Å². The average Bonchev–Trinajstić information content (AvgIpc) is 2.00. The van der Waals surface area contributed by atoms with Crippen molar-refractivity contribution in [2.24, 2.45) is 0 Å². The van der Waals surface area contributed by atoms with Gasteiger partial charge in [-0.05, 0) is 6.92 Å². The van der Waals surface area contributed by atoms with Gasteiger partial charge in [0.15, 0.2) is 0 Å². The van der Waals surface area contributed by atoms with Crippen molar-refractivity contribution in [1.82, 2.24) is 0 Å². The Morgan fingerprint density at radius 2 is 2.08 bits per heavy atom. The number of aldehydes is 1. The fourth-order valence-corrected chi connectivity index (χ4v) is 1.26. The van der Waals surface area contributed by atoms with E-state index in [1.54, 1.807) is 0 Å². The van der Waals surface area contributed by atoms with Crippen molar-refractivity contribution in [1.29, 1.82) is 0 Å². The lowest BCUT2D eigenvalue weighted by Crippen LogP contribution is -2.16. The molecule has 0 spiro atoms. The molecule has 5 nitrogen and oxygen atoms in total. The molecule has 0 aliphatic heterocycles. The molecule has 0 fully saturated rings. The van der Waals surface area contributed by atoms with Crippen LogP contribution in [-0.2, 0) is 23.9 Å². The largest absolute Gasteiger partial charge is 0.348 e. The van der Waals surface area contributed by atoms with Gasteiger partial charge in [-0.15, -0.1) is 0 Å². The molecule has 0 amide bonds. The molecular formula is C7H10O5S. The van der Waals surface area contributed by atoms with Gasteiger partial charge in [0, 0.05) is 12.0 Å². The molecule has 0 aromatic carbocycles. The molecule has 0 atom stereocenters. The van der Waals surface area contributed by atoms with Crippen molar-refractivity contribution in [2.45, 2.75) is 13.3 Å². The maximum absolute atomic E-state index is 10.9. The lowest BCUT2D eigenvalue weighted by atomic mass is 10.4. The number of rotatable bonds is 5. The zero-order valence-corrected chi connectivity index (χ0v) is 7.96. The molecule has 0 aromatic rings. The maximum atomic E-state index is 10.9. The summed E-state index contributed by atoms with van der Waals surface area (Å²) in [6.07, 6.45) is 0.248. The Bertz CT molecular complexity index is 314. The molecule has 0 saturated carbocycles. The van der Waals surface area contributed by atoms with Crippen LogP contribution in [0.2, 0.25) is 0 Å². The second-order valence-corrected chi connectivity index (χ2v) is 4.06. The van der Waals surface area contributed by atoms with Gasteiger partial charge in [-0.3, -0.25) is 0 Å². The molecule has 0 saturated heterocycles. The van der Waals surface area contributed by atoms with Gasteiger partial charge in [-0.25, -0.2) is 4.79 Å². The van der Waals surface area contributed by atoms with Crippen LogP contribution in [0, 0.1) is 0 Å². The van der Waals surface area contributed by atoms with Crippen molar-refractivity contribution in [3.63, 3.8) is 0 Å². The second kappa shape index (κ2) is 4.76. The van der Waals surface area contributed by atoms with Crippen LogP contribution >= 0.6 is 0 Å². The third-order valence-corrected chi connectivity index (χ3v) is 2.18. The number of hydrogen-bond donors (Lipinski definition) is 0. The van der Waals surface area contributed by atoms with Crippen molar-refractivity contribution < 1.29 is 22.2 Å². The molecule has 0 aliphatic rings. The van der Waals surface area contributed by atoms with E-state index < -0.39 is 21.8 Å². The first-order valence-electron chi connectivity index (χ1n) is 3.44. The summed E-state index contributed by atoms with van der Waals surface area (Å²) >= 11 is 0. The van der Waals surface area contributed by atoms with Crippen LogP contribution in [-0.4, -0.2) is 26.4 Å². The van der Waals surface area contributed by atoms with Gasteiger partial charge in [0.05, 0.1) is 5.75 Å². The molecular weight excluding hydrogens is 196 g/mol. The van der Waals surface area contributed by atoms with Gasteiger partial charge in [-0.1, -0.05) is 6.58 Å². The minimum Gasteiger partial charge on any atom is -0.342 e. The summed E-state index contributed by atoms with van der Waals surface area (Å²) in [4.78, 5) is 20.6. The smallest absolute Gasteiger partial charge is 0.342 e. The Labute approximate surface area is 76.5 Å². The second-order valence-electron chi connectivity index (χ2n) is 2.37. The predicted octanol–water partition coefficient (Wildman–Crippen LogP) is 0.0245. The molecule has 0 radical (unpaired) electrons. The molecule has 74 valence electrons. The fourth-order valence-electron chi connectivity index (χ4n) is 0.421.